The third-order valence-electron chi connectivity index (χ3n) is 4.11. The SMILES string of the molecule is CN(CC1CCCCC1)c1nc2oc(=O)c(C(=O)O)cc2s1. The summed E-state index contributed by atoms with van der Waals surface area (Å²) in [6.07, 6.45) is 6.38. The van der Waals surface area contributed by atoms with E-state index in [1.807, 2.05) is 7.05 Å². The summed E-state index contributed by atoms with van der Waals surface area (Å²) in [6, 6.07) is 1.35. The second kappa shape index (κ2) is 6.08. The Morgan fingerprint density at radius 3 is 2.86 bits per heavy atom. The predicted octanol–water partition coefficient (Wildman–Crippen LogP) is 2.96. The Morgan fingerprint density at radius 2 is 2.18 bits per heavy atom. The highest BCUT2D eigenvalue weighted by atomic mass is 32.1. The molecule has 0 bridgehead atoms. The fourth-order valence-corrected chi connectivity index (χ4v) is 3.86. The van der Waals surface area contributed by atoms with Crippen LogP contribution >= 0.6 is 11.3 Å². The van der Waals surface area contributed by atoms with Crippen molar-refractivity contribution in [2.24, 2.45) is 5.92 Å². The summed E-state index contributed by atoms with van der Waals surface area (Å²) < 4.78 is 5.60. The fourth-order valence-electron chi connectivity index (χ4n) is 2.95. The molecule has 1 fully saturated rings. The highest BCUT2D eigenvalue weighted by Gasteiger charge is 2.19. The molecule has 2 aromatic heterocycles. The first-order chi connectivity index (χ1) is 10.5. The monoisotopic (exact) mass is 322 g/mol. The van der Waals surface area contributed by atoms with Gasteiger partial charge in [-0.3, -0.25) is 0 Å². The summed E-state index contributed by atoms with van der Waals surface area (Å²) >= 11 is 1.35. The number of thiazole rings is 1. The van der Waals surface area contributed by atoms with Crippen molar-refractivity contribution >= 4 is 32.9 Å². The van der Waals surface area contributed by atoms with E-state index in [-0.39, 0.29) is 11.3 Å². The van der Waals surface area contributed by atoms with Crippen LogP contribution in [0.3, 0.4) is 0 Å². The first-order valence-corrected chi connectivity index (χ1v) is 8.25. The van der Waals surface area contributed by atoms with E-state index >= 15 is 0 Å². The molecule has 2 aromatic rings. The molecule has 0 saturated heterocycles. The summed E-state index contributed by atoms with van der Waals surface area (Å²) in [5, 5.41) is 9.73. The van der Waals surface area contributed by atoms with Crippen molar-refractivity contribution in [2.75, 3.05) is 18.5 Å². The molecule has 3 rings (SSSR count). The number of carboxylic acids is 1. The van der Waals surface area contributed by atoms with Gasteiger partial charge in [-0.15, -0.1) is 0 Å². The standard InChI is InChI=1S/C15H18N2O4S/c1-17(8-9-5-3-2-4-6-9)15-16-12-11(22-15)7-10(13(18)19)14(20)21-12/h7,9H,2-6,8H2,1H3,(H,18,19). The van der Waals surface area contributed by atoms with Gasteiger partial charge in [0.05, 0.1) is 4.70 Å². The summed E-state index contributed by atoms with van der Waals surface area (Å²) in [6.45, 7) is 0.926. The van der Waals surface area contributed by atoms with E-state index in [4.69, 9.17) is 9.52 Å². The number of hydrogen-bond donors (Lipinski definition) is 1. The van der Waals surface area contributed by atoms with E-state index in [0.29, 0.717) is 10.6 Å². The Balaban J connectivity index is 1.84. The summed E-state index contributed by atoms with van der Waals surface area (Å²) in [5.74, 6) is -0.603. The zero-order chi connectivity index (χ0) is 15.7. The van der Waals surface area contributed by atoms with E-state index in [9.17, 15) is 9.59 Å². The van der Waals surface area contributed by atoms with Gasteiger partial charge in [0.15, 0.2) is 5.13 Å². The molecular weight excluding hydrogens is 304 g/mol. The van der Waals surface area contributed by atoms with Crippen LogP contribution in [0.5, 0.6) is 0 Å². The number of anilines is 1. The van der Waals surface area contributed by atoms with Gasteiger partial charge in [-0.05, 0) is 24.8 Å². The van der Waals surface area contributed by atoms with E-state index in [0.717, 1.165) is 11.7 Å². The fraction of sp³-hybridized carbons (Fsp3) is 0.533. The molecule has 1 aliphatic rings. The van der Waals surface area contributed by atoms with Crippen molar-refractivity contribution in [3.63, 3.8) is 0 Å². The van der Waals surface area contributed by atoms with Gasteiger partial charge in [0, 0.05) is 13.6 Å². The number of carboxylic acid groups (broad SMARTS) is 1. The summed E-state index contributed by atoms with van der Waals surface area (Å²) in [5.41, 5.74) is -0.991. The number of hydrogen-bond acceptors (Lipinski definition) is 6. The van der Waals surface area contributed by atoms with E-state index in [1.54, 1.807) is 0 Å². The lowest BCUT2D eigenvalue weighted by atomic mass is 9.89. The average Bonchev–Trinajstić information content (AvgIpc) is 2.90. The van der Waals surface area contributed by atoms with Crippen LogP contribution in [-0.4, -0.2) is 29.7 Å². The molecule has 0 aliphatic heterocycles. The Kier molecular flexibility index (Phi) is 4.15. The normalized spacial score (nSPS) is 16.0. The lowest BCUT2D eigenvalue weighted by Gasteiger charge is -2.26. The van der Waals surface area contributed by atoms with Gasteiger partial charge in [-0.25, -0.2) is 9.59 Å². The second-order valence-corrected chi connectivity index (χ2v) is 6.81. The first-order valence-electron chi connectivity index (χ1n) is 7.43. The highest BCUT2D eigenvalue weighted by Crippen LogP contribution is 2.30. The van der Waals surface area contributed by atoms with Gasteiger partial charge in [-0.2, -0.15) is 4.98 Å². The molecule has 2 heterocycles. The molecule has 7 heteroatoms. The van der Waals surface area contributed by atoms with Crippen molar-refractivity contribution in [3.05, 3.63) is 22.0 Å². The molecule has 0 aromatic carbocycles. The van der Waals surface area contributed by atoms with Crippen LogP contribution in [0.4, 0.5) is 5.13 Å². The summed E-state index contributed by atoms with van der Waals surface area (Å²) in [4.78, 5) is 29.0. The molecule has 118 valence electrons. The van der Waals surface area contributed by atoms with E-state index < -0.39 is 11.6 Å². The van der Waals surface area contributed by atoms with E-state index in [2.05, 4.69) is 9.88 Å². The maximum Gasteiger partial charge on any atom is 0.352 e. The van der Waals surface area contributed by atoms with Gasteiger partial charge in [0.2, 0.25) is 5.71 Å². The smallest absolute Gasteiger partial charge is 0.352 e. The van der Waals surface area contributed by atoms with Gasteiger partial charge in [-0.1, -0.05) is 30.6 Å². The summed E-state index contributed by atoms with van der Waals surface area (Å²) in [7, 11) is 1.97. The molecule has 0 radical (unpaired) electrons. The van der Waals surface area contributed by atoms with Crippen molar-refractivity contribution < 1.29 is 14.3 Å². The quantitative estimate of drug-likeness (QED) is 0.931. The minimum atomic E-state index is -1.28. The molecule has 0 atom stereocenters. The van der Waals surface area contributed by atoms with E-state index in [1.165, 1.54) is 49.5 Å². The number of rotatable bonds is 4. The van der Waals surface area contributed by atoms with Crippen molar-refractivity contribution in [2.45, 2.75) is 32.1 Å². The Bertz CT molecular complexity index is 746. The number of fused-ring (bicyclic) bond motifs is 1. The Morgan fingerprint density at radius 1 is 1.45 bits per heavy atom. The maximum atomic E-state index is 11.6. The number of nitrogens with zero attached hydrogens (tertiary/aromatic N) is 2. The third kappa shape index (κ3) is 2.99. The van der Waals surface area contributed by atoms with Crippen LogP contribution in [-0.2, 0) is 0 Å². The molecule has 22 heavy (non-hydrogen) atoms. The molecule has 0 spiro atoms. The molecule has 6 nitrogen and oxygen atoms in total. The van der Waals surface area contributed by atoms with Crippen LogP contribution in [0.1, 0.15) is 42.5 Å². The molecule has 1 saturated carbocycles. The van der Waals surface area contributed by atoms with Crippen molar-refractivity contribution in [3.8, 4) is 0 Å². The molecule has 0 unspecified atom stereocenters. The minimum Gasteiger partial charge on any atom is -0.477 e. The number of aromatic nitrogens is 1. The van der Waals surface area contributed by atoms with Crippen LogP contribution in [0, 0.1) is 5.92 Å². The largest absolute Gasteiger partial charge is 0.477 e. The van der Waals surface area contributed by atoms with Crippen molar-refractivity contribution in [1.82, 2.24) is 4.98 Å². The Hall–Kier alpha value is -1.89. The molecular formula is C15H18N2O4S. The Labute approximate surface area is 131 Å². The maximum absolute atomic E-state index is 11.6. The van der Waals surface area contributed by atoms with Crippen molar-refractivity contribution in [1.29, 1.82) is 0 Å². The third-order valence-corrected chi connectivity index (χ3v) is 5.21. The lowest BCUT2D eigenvalue weighted by Crippen LogP contribution is -2.26. The molecule has 1 N–H and O–H groups in total. The van der Waals surface area contributed by atoms with Crippen LogP contribution in [0.2, 0.25) is 0 Å². The first kappa shape index (κ1) is 15.0. The van der Waals surface area contributed by atoms with Crippen LogP contribution < -0.4 is 10.5 Å². The lowest BCUT2D eigenvalue weighted by molar-refractivity contribution is 0.0692. The van der Waals surface area contributed by atoms with Gasteiger partial charge in [0.25, 0.3) is 0 Å². The average molecular weight is 322 g/mol. The number of carbonyl (C=O) groups is 1. The second-order valence-electron chi connectivity index (χ2n) is 5.80. The van der Waals surface area contributed by atoms with Gasteiger partial charge >= 0.3 is 11.6 Å². The zero-order valence-electron chi connectivity index (χ0n) is 12.4. The van der Waals surface area contributed by atoms with Crippen LogP contribution in [0.15, 0.2) is 15.3 Å². The molecule has 1 aliphatic carbocycles. The van der Waals surface area contributed by atoms with Gasteiger partial charge < -0.3 is 14.4 Å². The number of aromatic carboxylic acids is 1. The minimum absolute atomic E-state index is 0.213. The van der Waals surface area contributed by atoms with Crippen LogP contribution in [0.25, 0.3) is 10.4 Å². The van der Waals surface area contributed by atoms with Gasteiger partial charge in [0.1, 0.15) is 5.56 Å². The topological polar surface area (TPSA) is 83.6 Å². The zero-order valence-corrected chi connectivity index (χ0v) is 13.2. The predicted molar refractivity (Wildman–Crippen MR) is 85.0 cm³/mol. The molecule has 0 amide bonds. The highest BCUT2D eigenvalue weighted by molar-refractivity contribution is 7.22.